The molecular formula is C21H23N5O3S. The fourth-order valence-corrected chi connectivity index (χ4v) is 4.24. The molecular weight excluding hydrogens is 402 g/mol. The molecule has 0 aliphatic carbocycles. The smallest absolute Gasteiger partial charge is 0.258 e. The standard InChI is InChI=1S/C21H23N5O3S/c1-2-25-17(23-24-21(25)30)12-22-19(28)16-8-5-11-26(16)20(29)15-10-9-13-6-3-4-7-14(13)18(15)27/h3-4,6-7,9-10,16,27H,2,5,8,11-12H2,1H3,(H,22,28)(H,24,30). The number of aromatic hydroxyl groups is 1. The highest BCUT2D eigenvalue weighted by atomic mass is 32.1. The molecule has 30 heavy (non-hydrogen) atoms. The van der Waals surface area contributed by atoms with Gasteiger partial charge in [0.25, 0.3) is 5.91 Å². The molecule has 2 aromatic carbocycles. The minimum atomic E-state index is -0.583. The van der Waals surface area contributed by atoms with Gasteiger partial charge in [0.15, 0.2) is 10.6 Å². The first-order valence-electron chi connectivity index (χ1n) is 9.94. The van der Waals surface area contributed by atoms with Gasteiger partial charge in [-0.05, 0) is 43.4 Å². The van der Waals surface area contributed by atoms with Crippen LogP contribution in [-0.4, -0.2) is 49.2 Å². The number of fused-ring (bicyclic) bond motifs is 1. The number of likely N-dealkylation sites (tertiary alicyclic amines) is 1. The van der Waals surface area contributed by atoms with Crippen LogP contribution in [0.5, 0.6) is 5.75 Å². The van der Waals surface area contributed by atoms with Crippen molar-refractivity contribution in [3.63, 3.8) is 0 Å². The molecule has 8 nitrogen and oxygen atoms in total. The molecule has 1 fully saturated rings. The summed E-state index contributed by atoms with van der Waals surface area (Å²) in [6, 6.07) is 10.2. The number of phenols is 1. The summed E-state index contributed by atoms with van der Waals surface area (Å²) in [6.07, 6.45) is 1.30. The van der Waals surface area contributed by atoms with Crippen molar-refractivity contribution < 1.29 is 14.7 Å². The van der Waals surface area contributed by atoms with E-state index in [4.69, 9.17) is 12.2 Å². The molecule has 0 saturated carbocycles. The number of phenolic OH excluding ortho intramolecular Hbond substituents is 1. The van der Waals surface area contributed by atoms with Crippen molar-refractivity contribution in [3.8, 4) is 5.75 Å². The van der Waals surface area contributed by atoms with Crippen LogP contribution in [0.1, 0.15) is 35.9 Å². The zero-order valence-electron chi connectivity index (χ0n) is 16.6. The first-order chi connectivity index (χ1) is 14.5. The number of benzene rings is 2. The SMILES string of the molecule is CCn1c(CNC(=O)C2CCCN2C(=O)c2ccc3ccccc3c2O)n[nH]c1=S. The second-order valence-electron chi connectivity index (χ2n) is 7.25. The van der Waals surface area contributed by atoms with Crippen molar-refractivity contribution in [2.24, 2.45) is 0 Å². The van der Waals surface area contributed by atoms with Crippen molar-refractivity contribution in [1.82, 2.24) is 25.0 Å². The summed E-state index contributed by atoms with van der Waals surface area (Å²) < 4.78 is 2.31. The van der Waals surface area contributed by atoms with Gasteiger partial charge in [-0.2, -0.15) is 5.10 Å². The van der Waals surface area contributed by atoms with Crippen molar-refractivity contribution in [2.75, 3.05) is 6.54 Å². The van der Waals surface area contributed by atoms with Crippen molar-refractivity contribution in [3.05, 3.63) is 52.6 Å². The molecule has 3 N–H and O–H groups in total. The van der Waals surface area contributed by atoms with Gasteiger partial charge in [-0.3, -0.25) is 14.7 Å². The Balaban J connectivity index is 1.51. The molecule has 0 bridgehead atoms. The van der Waals surface area contributed by atoms with E-state index >= 15 is 0 Å². The molecule has 9 heteroatoms. The molecule has 1 saturated heterocycles. The predicted octanol–water partition coefficient (Wildman–Crippen LogP) is 2.74. The third-order valence-electron chi connectivity index (χ3n) is 5.52. The van der Waals surface area contributed by atoms with Crippen LogP contribution in [0, 0.1) is 4.77 Å². The van der Waals surface area contributed by atoms with Gasteiger partial charge in [0.1, 0.15) is 11.8 Å². The zero-order valence-corrected chi connectivity index (χ0v) is 17.4. The minimum Gasteiger partial charge on any atom is -0.506 e. The van der Waals surface area contributed by atoms with Gasteiger partial charge in [-0.25, -0.2) is 0 Å². The topological polar surface area (TPSA) is 103 Å². The van der Waals surface area contributed by atoms with Gasteiger partial charge in [-0.15, -0.1) is 0 Å². The summed E-state index contributed by atoms with van der Waals surface area (Å²) in [6.45, 7) is 3.29. The highest BCUT2D eigenvalue weighted by Crippen LogP contribution is 2.31. The van der Waals surface area contributed by atoms with Crippen molar-refractivity contribution in [1.29, 1.82) is 0 Å². The number of hydrogen-bond acceptors (Lipinski definition) is 5. The Labute approximate surface area is 178 Å². The molecule has 3 aromatic rings. The number of aromatic amines is 1. The van der Waals surface area contributed by atoms with Gasteiger partial charge < -0.3 is 19.9 Å². The first kappa shape index (κ1) is 20.1. The Kier molecular flexibility index (Phi) is 5.54. The summed E-state index contributed by atoms with van der Waals surface area (Å²) in [7, 11) is 0. The van der Waals surface area contributed by atoms with E-state index in [2.05, 4.69) is 15.5 Å². The summed E-state index contributed by atoms with van der Waals surface area (Å²) in [4.78, 5) is 27.5. The van der Waals surface area contributed by atoms with Gasteiger partial charge in [0, 0.05) is 18.5 Å². The van der Waals surface area contributed by atoms with E-state index in [0.717, 1.165) is 11.8 Å². The fourth-order valence-electron chi connectivity index (χ4n) is 3.96. The lowest BCUT2D eigenvalue weighted by Crippen LogP contribution is -2.46. The van der Waals surface area contributed by atoms with Crippen LogP contribution in [-0.2, 0) is 17.9 Å². The van der Waals surface area contributed by atoms with E-state index in [-0.39, 0.29) is 29.7 Å². The number of amides is 2. The molecule has 0 spiro atoms. The highest BCUT2D eigenvalue weighted by Gasteiger charge is 2.35. The summed E-state index contributed by atoms with van der Waals surface area (Å²) >= 11 is 5.17. The number of hydrogen-bond donors (Lipinski definition) is 3. The number of aromatic nitrogens is 3. The number of rotatable bonds is 5. The molecule has 2 heterocycles. The Hall–Kier alpha value is -3.20. The van der Waals surface area contributed by atoms with Crippen LogP contribution in [0.4, 0.5) is 0 Å². The van der Waals surface area contributed by atoms with Crippen LogP contribution in [0.25, 0.3) is 10.8 Å². The van der Waals surface area contributed by atoms with E-state index in [0.29, 0.717) is 35.5 Å². The molecule has 156 valence electrons. The zero-order chi connectivity index (χ0) is 21.3. The molecule has 1 aromatic heterocycles. The summed E-state index contributed by atoms with van der Waals surface area (Å²) in [5.74, 6) is 0.00591. The maximum absolute atomic E-state index is 13.2. The number of carbonyl (C=O) groups is 2. The number of carbonyl (C=O) groups excluding carboxylic acids is 2. The molecule has 1 aliphatic heterocycles. The van der Waals surface area contributed by atoms with Crippen LogP contribution in [0.3, 0.4) is 0 Å². The maximum Gasteiger partial charge on any atom is 0.258 e. The monoisotopic (exact) mass is 425 g/mol. The van der Waals surface area contributed by atoms with Crippen LogP contribution < -0.4 is 5.32 Å². The third-order valence-corrected chi connectivity index (χ3v) is 5.83. The van der Waals surface area contributed by atoms with E-state index in [1.54, 1.807) is 22.8 Å². The van der Waals surface area contributed by atoms with E-state index in [1.807, 2.05) is 25.1 Å². The predicted molar refractivity (Wildman–Crippen MR) is 115 cm³/mol. The average Bonchev–Trinajstić information content (AvgIpc) is 3.38. The van der Waals surface area contributed by atoms with Gasteiger partial charge in [0.2, 0.25) is 5.91 Å². The molecule has 4 rings (SSSR count). The quantitative estimate of drug-likeness (QED) is 0.546. The van der Waals surface area contributed by atoms with Crippen LogP contribution >= 0.6 is 12.2 Å². The summed E-state index contributed by atoms with van der Waals surface area (Å²) in [5.41, 5.74) is 0.209. The lowest BCUT2D eigenvalue weighted by atomic mass is 10.0. The van der Waals surface area contributed by atoms with Crippen molar-refractivity contribution >= 4 is 34.8 Å². The molecule has 2 amide bonds. The third kappa shape index (κ3) is 3.56. The molecule has 1 unspecified atom stereocenters. The van der Waals surface area contributed by atoms with Gasteiger partial charge in [-0.1, -0.05) is 30.3 Å². The second-order valence-corrected chi connectivity index (χ2v) is 7.63. The van der Waals surface area contributed by atoms with Gasteiger partial charge in [0.05, 0.1) is 12.1 Å². The fraction of sp³-hybridized carbons (Fsp3) is 0.333. The number of H-pyrrole nitrogens is 1. The second kappa shape index (κ2) is 8.27. The Morgan fingerprint density at radius 3 is 2.90 bits per heavy atom. The Bertz CT molecular complexity index is 1170. The van der Waals surface area contributed by atoms with Gasteiger partial charge >= 0.3 is 0 Å². The lowest BCUT2D eigenvalue weighted by Gasteiger charge is -2.24. The van der Waals surface area contributed by atoms with Crippen LogP contribution in [0.2, 0.25) is 0 Å². The average molecular weight is 426 g/mol. The molecule has 0 radical (unpaired) electrons. The lowest BCUT2D eigenvalue weighted by molar-refractivity contribution is -0.125. The van der Waals surface area contributed by atoms with Crippen LogP contribution in [0.15, 0.2) is 36.4 Å². The van der Waals surface area contributed by atoms with E-state index in [9.17, 15) is 14.7 Å². The number of nitrogens with zero attached hydrogens (tertiary/aromatic N) is 3. The Morgan fingerprint density at radius 1 is 1.30 bits per heavy atom. The first-order valence-corrected chi connectivity index (χ1v) is 10.4. The number of nitrogens with one attached hydrogen (secondary N) is 2. The summed E-state index contributed by atoms with van der Waals surface area (Å²) in [5, 5.41) is 21.8. The normalized spacial score (nSPS) is 16.2. The largest absolute Gasteiger partial charge is 0.506 e. The molecule has 1 atom stereocenters. The van der Waals surface area contributed by atoms with Crippen molar-refractivity contribution in [2.45, 2.75) is 38.9 Å². The Morgan fingerprint density at radius 2 is 2.10 bits per heavy atom. The maximum atomic E-state index is 13.2. The minimum absolute atomic E-state index is 0.0531. The highest BCUT2D eigenvalue weighted by molar-refractivity contribution is 7.71. The van der Waals surface area contributed by atoms with E-state index < -0.39 is 6.04 Å². The van der Waals surface area contributed by atoms with E-state index in [1.165, 1.54) is 4.90 Å². The molecule has 1 aliphatic rings.